The van der Waals surface area contributed by atoms with Crippen LogP contribution in [0.5, 0.6) is 5.75 Å². The van der Waals surface area contributed by atoms with E-state index < -0.39 is 0 Å². The van der Waals surface area contributed by atoms with Crippen LogP contribution in [0.25, 0.3) is 17.0 Å². The van der Waals surface area contributed by atoms with Crippen LogP contribution in [-0.4, -0.2) is 38.5 Å². The van der Waals surface area contributed by atoms with Crippen molar-refractivity contribution < 1.29 is 13.9 Å². The van der Waals surface area contributed by atoms with E-state index in [9.17, 15) is 4.79 Å². The molecule has 0 radical (unpaired) electrons. The van der Waals surface area contributed by atoms with Gasteiger partial charge in [0, 0.05) is 10.6 Å². The fourth-order valence-corrected chi connectivity index (χ4v) is 3.78. The topological polar surface area (TPSA) is 95.1 Å². The molecule has 0 unspecified atom stereocenters. The Hall–Kier alpha value is -3.30. The number of amides is 1. The molecular weight excluding hydrogens is 450 g/mol. The van der Waals surface area contributed by atoms with E-state index in [1.807, 2.05) is 55.5 Å². The Kier molecular flexibility index (Phi) is 7.08. The highest BCUT2D eigenvalue weighted by atomic mass is 35.5. The van der Waals surface area contributed by atoms with Crippen molar-refractivity contribution in [3.63, 3.8) is 0 Å². The minimum absolute atomic E-state index is 0.155. The molecule has 0 saturated heterocycles. The number of nitrogens with zero attached hydrogens (tertiary/aromatic N) is 4. The van der Waals surface area contributed by atoms with Gasteiger partial charge in [-0.1, -0.05) is 35.5 Å². The number of rotatable bonds is 9. The molecule has 2 heterocycles. The average Bonchev–Trinajstić information content (AvgIpc) is 3.47. The fraction of sp³-hybridized carbons (Fsp3) is 0.182. The molecule has 32 heavy (non-hydrogen) atoms. The minimum Gasteiger partial charge on any atom is -0.492 e. The van der Waals surface area contributed by atoms with Gasteiger partial charge in [-0.3, -0.25) is 4.79 Å². The lowest BCUT2D eigenvalue weighted by molar-refractivity contribution is -0.118. The second kappa shape index (κ2) is 10.3. The normalized spacial score (nSPS) is 10.8. The number of hydrogen-bond donors (Lipinski definition) is 1. The van der Waals surface area contributed by atoms with Crippen molar-refractivity contribution >= 4 is 29.3 Å². The van der Waals surface area contributed by atoms with Crippen LogP contribution < -0.4 is 10.1 Å². The lowest BCUT2D eigenvalue weighted by Crippen LogP contribution is -2.24. The Morgan fingerprint density at radius 3 is 2.78 bits per heavy atom. The first kappa shape index (κ1) is 21.9. The number of para-hydroxylation sites is 2. The number of hydrogen-bond acceptors (Lipinski definition) is 7. The number of aromatic nitrogens is 4. The summed E-state index contributed by atoms with van der Waals surface area (Å²) in [5.74, 6) is 2.04. The van der Waals surface area contributed by atoms with Gasteiger partial charge < -0.3 is 14.5 Å². The molecule has 2 aromatic carbocycles. The molecule has 10 heteroatoms. The van der Waals surface area contributed by atoms with Gasteiger partial charge in [-0.15, -0.1) is 5.10 Å². The number of tetrazole rings is 1. The first-order valence-electron chi connectivity index (χ1n) is 9.88. The number of furan rings is 1. The molecule has 2 aromatic heterocycles. The van der Waals surface area contributed by atoms with Crippen molar-refractivity contribution in [3.05, 3.63) is 71.4 Å². The summed E-state index contributed by atoms with van der Waals surface area (Å²) in [7, 11) is 0. The molecule has 4 rings (SSSR count). The third-order valence-corrected chi connectivity index (χ3v) is 5.59. The monoisotopic (exact) mass is 469 g/mol. The Morgan fingerprint density at radius 2 is 1.97 bits per heavy atom. The standard InChI is InChI=1S/C22H20ClN5O3S/c1-2-30-20-6-4-3-5-18(20)28-22(25-26-27-28)32-14-21(29)24-13-17-11-12-19(31-17)15-7-9-16(23)10-8-15/h3-12H,2,13-14H2,1H3,(H,24,29). The molecule has 0 aliphatic rings. The largest absolute Gasteiger partial charge is 0.492 e. The Balaban J connectivity index is 1.33. The second-order valence-electron chi connectivity index (χ2n) is 6.61. The first-order chi connectivity index (χ1) is 15.6. The fourth-order valence-electron chi connectivity index (χ4n) is 2.94. The highest BCUT2D eigenvalue weighted by Gasteiger charge is 2.15. The maximum absolute atomic E-state index is 12.4. The zero-order valence-electron chi connectivity index (χ0n) is 17.2. The number of thioether (sulfide) groups is 1. The van der Waals surface area contributed by atoms with Crippen LogP contribution in [0.3, 0.4) is 0 Å². The van der Waals surface area contributed by atoms with Gasteiger partial charge in [0.05, 0.1) is 18.9 Å². The first-order valence-corrected chi connectivity index (χ1v) is 11.2. The molecule has 1 amide bonds. The molecule has 0 fully saturated rings. The van der Waals surface area contributed by atoms with Crippen LogP contribution in [-0.2, 0) is 11.3 Å². The number of ether oxygens (including phenoxy) is 1. The predicted octanol–water partition coefficient (Wildman–Crippen LogP) is 4.38. The van der Waals surface area contributed by atoms with Crippen molar-refractivity contribution in [3.8, 4) is 22.8 Å². The van der Waals surface area contributed by atoms with Crippen LogP contribution in [0.2, 0.25) is 5.02 Å². The summed E-state index contributed by atoms with van der Waals surface area (Å²) in [4.78, 5) is 12.4. The third kappa shape index (κ3) is 5.30. The Labute approximate surface area is 193 Å². The van der Waals surface area contributed by atoms with Gasteiger partial charge in [-0.05, 0) is 65.9 Å². The number of carbonyl (C=O) groups is 1. The summed E-state index contributed by atoms with van der Waals surface area (Å²) in [5.41, 5.74) is 1.63. The lowest BCUT2D eigenvalue weighted by Gasteiger charge is -2.10. The molecule has 0 atom stereocenters. The van der Waals surface area contributed by atoms with Crippen LogP contribution in [0.15, 0.2) is 70.2 Å². The van der Waals surface area contributed by atoms with Gasteiger partial charge in [-0.2, -0.15) is 4.68 Å². The smallest absolute Gasteiger partial charge is 0.230 e. The molecule has 1 N–H and O–H groups in total. The third-order valence-electron chi connectivity index (χ3n) is 4.42. The Morgan fingerprint density at radius 1 is 1.16 bits per heavy atom. The summed E-state index contributed by atoms with van der Waals surface area (Å²) in [6.07, 6.45) is 0. The maximum atomic E-state index is 12.4. The van der Waals surface area contributed by atoms with Crippen LogP contribution in [0, 0.1) is 0 Å². The van der Waals surface area contributed by atoms with Gasteiger partial charge in [0.2, 0.25) is 11.1 Å². The van der Waals surface area contributed by atoms with Crippen molar-refractivity contribution in [2.75, 3.05) is 12.4 Å². The quantitative estimate of drug-likeness (QED) is 0.363. The molecular formula is C22H20ClN5O3S. The zero-order chi connectivity index (χ0) is 22.3. The van der Waals surface area contributed by atoms with Crippen LogP contribution in [0.4, 0.5) is 0 Å². The second-order valence-corrected chi connectivity index (χ2v) is 7.99. The molecule has 0 aliphatic carbocycles. The van der Waals surface area contributed by atoms with E-state index >= 15 is 0 Å². The van der Waals surface area contributed by atoms with Crippen molar-refractivity contribution in [2.24, 2.45) is 0 Å². The van der Waals surface area contributed by atoms with Crippen molar-refractivity contribution in [1.29, 1.82) is 0 Å². The highest BCUT2D eigenvalue weighted by Crippen LogP contribution is 2.26. The van der Waals surface area contributed by atoms with E-state index in [0.29, 0.717) is 39.7 Å². The van der Waals surface area contributed by atoms with Gasteiger partial charge in [0.15, 0.2) is 0 Å². The summed E-state index contributed by atoms with van der Waals surface area (Å²) in [6.45, 7) is 2.72. The summed E-state index contributed by atoms with van der Waals surface area (Å²) in [5, 5.41) is 15.8. The summed E-state index contributed by atoms with van der Waals surface area (Å²) < 4.78 is 13.0. The summed E-state index contributed by atoms with van der Waals surface area (Å²) in [6, 6.07) is 18.5. The maximum Gasteiger partial charge on any atom is 0.230 e. The molecule has 164 valence electrons. The van der Waals surface area contributed by atoms with Gasteiger partial charge in [-0.25, -0.2) is 0 Å². The van der Waals surface area contributed by atoms with Crippen molar-refractivity contribution in [1.82, 2.24) is 25.5 Å². The van der Waals surface area contributed by atoms with E-state index in [2.05, 4.69) is 20.8 Å². The van der Waals surface area contributed by atoms with E-state index in [1.165, 1.54) is 11.8 Å². The van der Waals surface area contributed by atoms with Gasteiger partial charge in [0.25, 0.3) is 0 Å². The number of halogens is 1. The molecule has 4 aromatic rings. The number of nitrogens with one attached hydrogen (secondary N) is 1. The lowest BCUT2D eigenvalue weighted by atomic mass is 10.2. The van der Waals surface area contributed by atoms with Crippen LogP contribution >= 0.6 is 23.4 Å². The molecule has 0 bridgehead atoms. The predicted molar refractivity (Wildman–Crippen MR) is 122 cm³/mol. The number of carbonyl (C=O) groups excluding carboxylic acids is 1. The van der Waals surface area contributed by atoms with Crippen LogP contribution in [0.1, 0.15) is 12.7 Å². The summed E-state index contributed by atoms with van der Waals surface area (Å²) >= 11 is 7.16. The van der Waals surface area contributed by atoms with Crippen molar-refractivity contribution in [2.45, 2.75) is 18.6 Å². The zero-order valence-corrected chi connectivity index (χ0v) is 18.8. The molecule has 8 nitrogen and oxygen atoms in total. The van der Waals surface area contributed by atoms with E-state index in [4.69, 9.17) is 20.8 Å². The number of benzene rings is 2. The minimum atomic E-state index is -0.160. The van der Waals surface area contributed by atoms with E-state index in [1.54, 1.807) is 16.8 Å². The highest BCUT2D eigenvalue weighted by molar-refractivity contribution is 7.99. The molecule has 0 saturated carbocycles. The SMILES string of the molecule is CCOc1ccccc1-n1nnnc1SCC(=O)NCc1ccc(-c2ccc(Cl)cc2)o1. The van der Waals surface area contributed by atoms with E-state index in [-0.39, 0.29) is 18.2 Å². The Bertz CT molecular complexity index is 1190. The van der Waals surface area contributed by atoms with E-state index in [0.717, 1.165) is 5.56 Å². The van der Waals surface area contributed by atoms with Gasteiger partial charge in [0.1, 0.15) is 23.0 Å². The molecule has 0 aliphatic heterocycles. The molecule has 0 spiro atoms. The average molecular weight is 470 g/mol. The van der Waals surface area contributed by atoms with Gasteiger partial charge >= 0.3 is 0 Å².